The van der Waals surface area contributed by atoms with Gasteiger partial charge in [-0.15, -0.1) is 0 Å². The average molecular weight is 243 g/mol. The van der Waals surface area contributed by atoms with E-state index in [-0.39, 0.29) is 18.1 Å². The molecule has 98 valence electrons. The Balaban J connectivity index is 2.54. The van der Waals surface area contributed by atoms with Crippen molar-refractivity contribution in [1.82, 2.24) is 4.90 Å². The van der Waals surface area contributed by atoms with Gasteiger partial charge in [0, 0.05) is 13.7 Å². The summed E-state index contributed by atoms with van der Waals surface area (Å²) >= 11 is 0. The number of carboxylic acid groups (broad SMARTS) is 1. The molecule has 0 heterocycles. The van der Waals surface area contributed by atoms with Crippen LogP contribution >= 0.6 is 0 Å². The highest BCUT2D eigenvalue weighted by molar-refractivity contribution is 5.82. The molecule has 0 spiro atoms. The maximum absolute atomic E-state index is 12.0. The van der Waals surface area contributed by atoms with E-state index in [1.165, 1.54) is 4.90 Å². The molecule has 0 aromatic heterocycles. The van der Waals surface area contributed by atoms with Crippen LogP contribution in [0.15, 0.2) is 0 Å². The van der Waals surface area contributed by atoms with Gasteiger partial charge in [-0.1, -0.05) is 6.92 Å². The van der Waals surface area contributed by atoms with Gasteiger partial charge in [-0.05, 0) is 25.7 Å². The first kappa shape index (κ1) is 14.0. The summed E-state index contributed by atoms with van der Waals surface area (Å²) in [5, 5.41) is 8.76. The molecule has 5 nitrogen and oxygen atoms in total. The van der Waals surface area contributed by atoms with Crippen LogP contribution < -0.4 is 0 Å². The normalized spacial score (nSPS) is 17.3. The lowest BCUT2D eigenvalue weighted by Gasteiger charge is -2.41. The van der Waals surface area contributed by atoms with E-state index >= 15 is 0 Å². The van der Waals surface area contributed by atoms with Crippen molar-refractivity contribution in [1.29, 1.82) is 0 Å². The Morgan fingerprint density at radius 2 is 2.06 bits per heavy atom. The van der Waals surface area contributed by atoms with Crippen molar-refractivity contribution < 1.29 is 19.4 Å². The zero-order valence-electron chi connectivity index (χ0n) is 10.6. The summed E-state index contributed by atoms with van der Waals surface area (Å²) in [5.41, 5.74) is -0.332. The summed E-state index contributed by atoms with van der Waals surface area (Å²) in [6, 6.07) is 0. The first-order valence-corrected chi connectivity index (χ1v) is 6.08. The van der Waals surface area contributed by atoms with E-state index in [2.05, 4.69) is 0 Å². The van der Waals surface area contributed by atoms with Crippen molar-refractivity contribution in [3.05, 3.63) is 0 Å². The maximum Gasteiger partial charge on any atom is 0.323 e. The molecular weight excluding hydrogens is 222 g/mol. The van der Waals surface area contributed by atoms with Crippen molar-refractivity contribution in [3.63, 3.8) is 0 Å². The fourth-order valence-electron chi connectivity index (χ4n) is 2.14. The molecule has 1 N–H and O–H groups in total. The molecule has 17 heavy (non-hydrogen) atoms. The summed E-state index contributed by atoms with van der Waals surface area (Å²) in [6.45, 7) is 2.20. The quantitative estimate of drug-likeness (QED) is 0.731. The molecule has 0 aliphatic heterocycles. The van der Waals surface area contributed by atoms with Gasteiger partial charge < -0.3 is 14.7 Å². The smallest absolute Gasteiger partial charge is 0.323 e. The van der Waals surface area contributed by atoms with Crippen LogP contribution in [0.25, 0.3) is 0 Å². The standard InChI is InChI=1S/C12H21NO4/c1-3-7-13(9-11(15)16)10(14)8-12(17-2)5-4-6-12/h3-9H2,1-2H3,(H,15,16). The van der Waals surface area contributed by atoms with E-state index in [1.54, 1.807) is 7.11 Å². The van der Waals surface area contributed by atoms with Gasteiger partial charge in [-0.25, -0.2) is 0 Å². The van der Waals surface area contributed by atoms with Crippen molar-refractivity contribution in [2.24, 2.45) is 0 Å². The fourth-order valence-corrected chi connectivity index (χ4v) is 2.14. The molecule has 0 aromatic carbocycles. The fraction of sp³-hybridized carbons (Fsp3) is 0.833. The predicted octanol–water partition coefficient (Wildman–Crippen LogP) is 1.27. The van der Waals surface area contributed by atoms with E-state index in [4.69, 9.17) is 9.84 Å². The zero-order valence-corrected chi connectivity index (χ0v) is 10.6. The van der Waals surface area contributed by atoms with Gasteiger partial charge in [0.15, 0.2) is 0 Å². The molecule has 1 fully saturated rings. The number of carbonyl (C=O) groups is 2. The second kappa shape index (κ2) is 6.00. The number of hydrogen-bond donors (Lipinski definition) is 1. The molecule has 0 bridgehead atoms. The summed E-state index contributed by atoms with van der Waals surface area (Å²) in [5.74, 6) is -1.08. The molecular formula is C12H21NO4. The summed E-state index contributed by atoms with van der Waals surface area (Å²) in [4.78, 5) is 24.1. The van der Waals surface area contributed by atoms with Gasteiger partial charge in [0.1, 0.15) is 6.54 Å². The van der Waals surface area contributed by atoms with E-state index in [0.29, 0.717) is 13.0 Å². The van der Waals surface area contributed by atoms with E-state index in [0.717, 1.165) is 25.7 Å². The minimum absolute atomic E-state index is 0.115. The number of methoxy groups -OCH3 is 1. The molecule has 0 aromatic rings. The van der Waals surface area contributed by atoms with Crippen LogP contribution in [0.4, 0.5) is 0 Å². The van der Waals surface area contributed by atoms with E-state index < -0.39 is 5.97 Å². The van der Waals surface area contributed by atoms with Crippen LogP contribution in [0, 0.1) is 0 Å². The highest BCUT2D eigenvalue weighted by Gasteiger charge is 2.40. The van der Waals surface area contributed by atoms with Crippen LogP contribution in [0.3, 0.4) is 0 Å². The van der Waals surface area contributed by atoms with Crippen molar-refractivity contribution in [2.45, 2.75) is 44.6 Å². The molecule has 0 unspecified atom stereocenters. The van der Waals surface area contributed by atoms with Gasteiger partial charge in [0.25, 0.3) is 0 Å². The Hall–Kier alpha value is -1.10. The second-order valence-corrected chi connectivity index (χ2v) is 4.63. The van der Waals surface area contributed by atoms with Gasteiger partial charge in [0.2, 0.25) is 5.91 Å². The van der Waals surface area contributed by atoms with Gasteiger partial charge in [-0.2, -0.15) is 0 Å². The predicted molar refractivity (Wildman–Crippen MR) is 62.7 cm³/mol. The number of ether oxygens (including phenoxy) is 1. The molecule has 0 atom stereocenters. The van der Waals surface area contributed by atoms with Crippen molar-refractivity contribution in [2.75, 3.05) is 20.2 Å². The molecule has 5 heteroatoms. The summed E-state index contributed by atoms with van der Waals surface area (Å²) in [7, 11) is 1.62. The number of amides is 1. The number of carbonyl (C=O) groups excluding carboxylic acids is 1. The van der Waals surface area contributed by atoms with Crippen LogP contribution in [-0.2, 0) is 14.3 Å². The highest BCUT2D eigenvalue weighted by atomic mass is 16.5. The Morgan fingerprint density at radius 3 is 2.41 bits per heavy atom. The molecule has 0 saturated heterocycles. The van der Waals surface area contributed by atoms with Gasteiger partial charge in [0.05, 0.1) is 12.0 Å². The summed E-state index contributed by atoms with van der Waals surface area (Å²) < 4.78 is 5.38. The van der Waals surface area contributed by atoms with Crippen LogP contribution in [0.2, 0.25) is 0 Å². The molecule has 1 aliphatic rings. The van der Waals surface area contributed by atoms with Gasteiger partial charge >= 0.3 is 5.97 Å². The van der Waals surface area contributed by atoms with E-state index in [1.807, 2.05) is 6.92 Å². The second-order valence-electron chi connectivity index (χ2n) is 4.63. The Labute approximate surface area is 102 Å². The number of carboxylic acids is 1. The largest absolute Gasteiger partial charge is 0.480 e. The highest BCUT2D eigenvalue weighted by Crippen LogP contribution is 2.38. The van der Waals surface area contributed by atoms with Gasteiger partial charge in [-0.3, -0.25) is 9.59 Å². The average Bonchev–Trinajstić information content (AvgIpc) is 2.22. The van der Waals surface area contributed by atoms with Crippen molar-refractivity contribution in [3.8, 4) is 0 Å². The van der Waals surface area contributed by atoms with E-state index in [9.17, 15) is 9.59 Å². The third-order valence-electron chi connectivity index (χ3n) is 3.34. The molecule has 1 aliphatic carbocycles. The summed E-state index contributed by atoms with van der Waals surface area (Å²) in [6.07, 6.45) is 3.92. The maximum atomic E-state index is 12.0. The SMILES string of the molecule is CCCN(CC(=O)O)C(=O)CC1(OC)CCC1. The number of rotatable bonds is 7. The third kappa shape index (κ3) is 3.70. The molecule has 0 radical (unpaired) electrons. The zero-order chi connectivity index (χ0) is 12.9. The first-order chi connectivity index (χ1) is 8.03. The number of nitrogens with zero attached hydrogens (tertiary/aromatic N) is 1. The van der Waals surface area contributed by atoms with Crippen molar-refractivity contribution >= 4 is 11.9 Å². The lowest BCUT2D eigenvalue weighted by molar-refractivity contribution is -0.150. The monoisotopic (exact) mass is 243 g/mol. The molecule has 1 saturated carbocycles. The lowest BCUT2D eigenvalue weighted by atomic mass is 9.77. The number of hydrogen-bond acceptors (Lipinski definition) is 3. The first-order valence-electron chi connectivity index (χ1n) is 6.08. The Bertz CT molecular complexity index is 281. The molecule has 1 amide bonds. The van der Waals surface area contributed by atoms with Crippen LogP contribution in [0.5, 0.6) is 0 Å². The lowest BCUT2D eigenvalue weighted by Crippen LogP contribution is -2.46. The van der Waals surface area contributed by atoms with Crippen LogP contribution in [0.1, 0.15) is 39.0 Å². The number of aliphatic carboxylic acids is 1. The third-order valence-corrected chi connectivity index (χ3v) is 3.34. The molecule has 1 rings (SSSR count). The Morgan fingerprint density at radius 1 is 1.41 bits per heavy atom. The minimum Gasteiger partial charge on any atom is -0.480 e. The Kier molecular flexibility index (Phi) is 4.93. The minimum atomic E-state index is -0.966. The topological polar surface area (TPSA) is 66.8 Å². The van der Waals surface area contributed by atoms with Crippen LogP contribution in [-0.4, -0.2) is 47.7 Å².